The van der Waals surface area contributed by atoms with Gasteiger partial charge in [0.1, 0.15) is 28.4 Å². The van der Waals surface area contributed by atoms with Crippen LogP contribution in [0.2, 0.25) is 0 Å². The molecule has 8 rings (SSSR count). The Labute approximate surface area is 240 Å². The van der Waals surface area contributed by atoms with Crippen LogP contribution in [0.3, 0.4) is 0 Å². The standard InChI is InChI=1S/C38H20N2O2/c39-21-23-6-5-7-25(16-23)30-19-27(24-12-14-37-32(17-24)28-8-1-3-10-35(28)41-37)20-31(34(30)22-40)26-13-15-38-33(18-26)29-9-2-4-11-36(29)42-38/h1-20H. The van der Waals surface area contributed by atoms with Crippen molar-refractivity contribution in [2.24, 2.45) is 0 Å². The Bertz CT molecular complexity index is 2450. The second-order valence-corrected chi connectivity index (χ2v) is 10.4. The lowest BCUT2D eigenvalue weighted by Gasteiger charge is -2.15. The van der Waals surface area contributed by atoms with E-state index in [4.69, 9.17) is 8.83 Å². The normalized spacial score (nSPS) is 11.3. The van der Waals surface area contributed by atoms with E-state index in [0.29, 0.717) is 11.1 Å². The molecule has 0 atom stereocenters. The number of nitrogens with zero attached hydrogens (tertiary/aromatic N) is 2. The average Bonchev–Trinajstić information content (AvgIpc) is 3.61. The zero-order valence-electron chi connectivity index (χ0n) is 22.3. The van der Waals surface area contributed by atoms with Crippen molar-refractivity contribution in [3.8, 4) is 45.5 Å². The Morgan fingerprint density at radius 3 is 1.57 bits per heavy atom. The number of para-hydroxylation sites is 2. The number of hydrogen-bond acceptors (Lipinski definition) is 4. The van der Waals surface area contributed by atoms with E-state index in [1.54, 1.807) is 6.07 Å². The first-order chi connectivity index (χ1) is 20.7. The van der Waals surface area contributed by atoms with Gasteiger partial charge in [0.05, 0.1) is 17.2 Å². The van der Waals surface area contributed by atoms with Crippen LogP contribution in [-0.2, 0) is 0 Å². The predicted molar refractivity (Wildman–Crippen MR) is 167 cm³/mol. The van der Waals surface area contributed by atoms with Gasteiger partial charge >= 0.3 is 0 Å². The molecule has 2 aromatic heterocycles. The van der Waals surface area contributed by atoms with Gasteiger partial charge in [0.2, 0.25) is 0 Å². The molecular weight excluding hydrogens is 516 g/mol. The fraction of sp³-hybridized carbons (Fsp3) is 0. The van der Waals surface area contributed by atoms with Crippen molar-refractivity contribution in [2.45, 2.75) is 0 Å². The van der Waals surface area contributed by atoms with Crippen molar-refractivity contribution in [1.82, 2.24) is 0 Å². The molecule has 194 valence electrons. The van der Waals surface area contributed by atoms with Crippen molar-refractivity contribution in [2.75, 3.05) is 0 Å². The Kier molecular flexibility index (Phi) is 5.22. The molecule has 2 heterocycles. The SMILES string of the molecule is N#Cc1cccc(-c2cc(-c3ccc4oc5ccccc5c4c3)cc(-c3ccc4oc5ccccc5c4c3)c2C#N)c1. The van der Waals surface area contributed by atoms with Gasteiger partial charge in [0, 0.05) is 32.7 Å². The third-order valence-electron chi connectivity index (χ3n) is 7.95. The van der Waals surface area contributed by atoms with Crippen LogP contribution >= 0.6 is 0 Å². The minimum Gasteiger partial charge on any atom is -0.456 e. The van der Waals surface area contributed by atoms with Crippen LogP contribution in [0.1, 0.15) is 11.1 Å². The van der Waals surface area contributed by atoms with Crippen molar-refractivity contribution in [3.05, 3.63) is 132 Å². The first-order valence-corrected chi connectivity index (χ1v) is 13.6. The number of nitriles is 2. The summed E-state index contributed by atoms with van der Waals surface area (Å²) >= 11 is 0. The summed E-state index contributed by atoms with van der Waals surface area (Å²) in [6.45, 7) is 0. The van der Waals surface area contributed by atoms with Crippen molar-refractivity contribution in [3.63, 3.8) is 0 Å². The minimum absolute atomic E-state index is 0.543. The molecule has 4 nitrogen and oxygen atoms in total. The van der Waals surface area contributed by atoms with E-state index in [1.807, 2.05) is 78.9 Å². The Balaban J connectivity index is 1.41. The fourth-order valence-corrected chi connectivity index (χ4v) is 5.94. The summed E-state index contributed by atoms with van der Waals surface area (Å²) < 4.78 is 12.2. The second-order valence-electron chi connectivity index (χ2n) is 10.4. The zero-order valence-corrected chi connectivity index (χ0v) is 22.3. The molecule has 0 bridgehead atoms. The summed E-state index contributed by atoms with van der Waals surface area (Å²) in [5, 5.41) is 24.3. The van der Waals surface area contributed by atoms with Gasteiger partial charge in [-0.15, -0.1) is 0 Å². The average molecular weight is 537 g/mol. The number of benzene rings is 6. The molecule has 0 saturated heterocycles. The monoisotopic (exact) mass is 536 g/mol. The van der Waals surface area contributed by atoms with Gasteiger partial charge in [-0.05, 0) is 82.9 Å². The van der Waals surface area contributed by atoms with E-state index in [-0.39, 0.29) is 0 Å². The Hall–Kier alpha value is -6.10. The second kappa shape index (κ2) is 9.24. The molecule has 0 aliphatic rings. The van der Waals surface area contributed by atoms with Crippen LogP contribution in [-0.4, -0.2) is 0 Å². The van der Waals surface area contributed by atoms with E-state index in [9.17, 15) is 10.5 Å². The molecule has 0 spiro atoms. The maximum Gasteiger partial charge on any atom is 0.135 e. The van der Waals surface area contributed by atoms with Gasteiger partial charge in [-0.2, -0.15) is 10.5 Å². The van der Waals surface area contributed by atoms with Gasteiger partial charge in [-0.1, -0.05) is 60.7 Å². The molecule has 42 heavy (non-hydrogen) atoms. The quantitative estimate of drug-likeness (QED) is 0.225. The lowest BCUT2D eigenvalue weighted by Crippen LogP contribution is -1.93. The zero-order chi connectivity index (χ0) is 28.2. The molecule has 0 N–H and O–H groups in total. The number of fused-ring (bicyclic) bond motifs is 6. The van der Waals surface area contributed by atoms with Crippen molar-refractivity contribution < 1.29 is 8.83 Å². The van der Waals surface area contributed by atoms with Crippen LogP contribution in [0, 0.1) is 22.7 Å². The summed E-state index contributed by atoms with van der Waals surface area (Å²) in [4.78, 5) is 0. The lowest BCUT2D eigenvalue weighted by atomic mass is 9.87. The van der Waals surface area contributed by atoms with Gasteiger partial charge in [0.15, 0.2) is 0 Å². The van der Waals surface area contributed by atoms with Crippen LogP contribution in [0.25, 0.3) is 77.3 Å². The molecule has 6 aromatic carbocycles. The third kappa shape index (κ3) is 3.68. The maximum absolute atomic E-state index is 10.5. The Morgan fingerprint density at radius 2 is 0.952 bits per heavy atom. The van der Waals surface area contributed by atoms with Gasteiger partial charge in [-0.3, -0.25) is 0 Å². The molecule has 4 heteroatoms. The molecule has 0 aliphatic heterocycles. The molecule has 0 unspecified atom stereocenters. The number of rotatable bonds is 3. The maximum atomic E-state index is 10.5. The molecular formula is C38H20N2O2. The van der Waals surface area contributed by atoms with Crippen molar-refractivity contribution in [1.29, 1.82) is 10.5 Å². The summed E-state index contributed by atoms with van der Waals surface area (Å²) in [6, 6.07) is 44.6. The Morgan fingerprint density at radius 1 is 0.405 bits per heavy atom. The molecule has 0 radical (unpaired) electrons. The van der Waals surface area contributed by atoms with Gasteiger partial charge in [0.25, 0.3) is 0 Å². The van der Waals surface area contributed by atoms with Crippen LogP contribution in [0.5, 0.6) is 0 Å². The first kappa shape index (κ1) is 23.8. The molecule has 8 aromatic rings. The highest BCUT2D eigenvalue weighted by atomic mass is 16.3. The molecule has 0 saturated carbocycles. The smallest absolute Gasteiger partial charge is 0.135 e. The van der Waals surface area contributed by atoms with Crippen LogP contribution in [0.4, 0.5) is 0 Å². The van der Waals surface area contributed by atoms with E-state index >= 15 is 0 Å². The topological polar surface area (TPSA) is 73.9 Å². The minimum atomic E-state index is 0.543. The summed E-state index contributed by atoms with van der Waals surface area (Å²) in [5.41, 5.74) is 9.69. The van der Waals surface area contributed by atoms with Gasteiger partial charge in [-0.25, -0.2) is 0 Å². The number of furan rings is 2. The molecule has 0 aliphatic carbocycles. The third-order valence-corrected chi connectivity index (χ3v) is 7.95. The van der Waals surface area contributed by atoms with Crippen LogP contribution in [0.15, 0.2) is 130 Å². The highest BCUT2D eigenvalue weighted by Crippen LogP contribution is 2.41. The summed E-state index contributed by atoms with van der Waals surface area (Å²) in [5.74, 6) is 0. The lowest BCUT2D eigenvalue weighted by molar-refractivity contribution is 0.668. The predicted octanol–water partition coefficient (Wildman–Crippen LogP) is 10.2. The van der Waals surface area contributed by atoms with E-state index in [2.05, 4.69) is 48.5 Å². The number of hydrogen-bond donors (Lipinski definition) is 0. The first-order valence-electron chi connectivity index (χ1n) is 13.6. The molecule has 0 amide bonds. The largest absolute Gasteiger partial charge is 0.456 e. The summed E-state index contributed by atoms with van der Waals surface area (Å²) in [7, 11) is 0. The fourth-order valence-electron chi connectivity index (χ4n) is 5.94. The van der Waals surface area contributed by atoms with E-state index < -0.39 is 0 Å². The summed E-state index contributed by atoms with van der Waals surface area (Å²) in [6.07, 6.45) is 0. The highest BCUT2D eigenvalue weighted by Gasteiger charge is 2.18. The molecule has 0 fully saturated rings. The van der Waals surface area contributed by atoms with E-state index in [0.717, 1.165) is 77.3 Å². The van der Waals surface area contributed by atoms with Crippen molar-refractivity contribution >= 4 is 43.9 Å². The van der Waals surface area contributed by atoms with Crippen LogP contribution < -0.4 is 0 Å². The highest BCUT2D eigenvalue weighted by molar-refractivity contribution is 6.08. The van der Waals surface area contributed by atoms with E-state index in [1.165, 1.54) is 0 Å². The van der Waals surface area contributed by atoms with Gasteiger partial charge < -0.3 is 8.83 Å².